The maximum atomic E-state index is 12.6. The smallest absolute Gasteiger partial charge is 0.257 e. The fraction of sp³-hybridized carbons (Fsp3) is 0.0909. The Balaban J connectivity index is 1.76. The molecule has 0 saturated carbocycles. The number of ether oxygens (including phenoxy) is 1. The highest BCUT2D eigenvalue weighted by Crippen LogP contribution is 2.25. The van der Waals surface area contributed by atoms with E-state index in [1.807, 2.05) is 19.1 Å². The molecule has 0 radical (unpaired) electrons. The molecule has 7 heteroatoms. The van der Waals surface area contributed by atoms with Crippen LogP contribution in [0.25, 0.3) is 0 Å². The molecule has 2 amide bonds. The third kappa shape index (κ3) is 4.76. The minimum Gasteiger partial charge on any atom is -0.495 e. The summed E-state index contributed by atoms with van der Waals surface area (Å²) in [6.07, 6.45) is 2.76. The number of aromatic nitrogens is 1. The van der Waals surface area contributed by atoms with E-state index in [9.17, 15) is 9.59 Å². The van der Waals surface area contributed by atoms with Crippen molar-refractivity contribution in [3.63, 3.8) is 0 Å². The molecule has 0 fully saturated rings. The van der Waals surface area contributed by atoms with Crippen LogP contribution in [-0.4, -0.2) is 23.9 Å². The lowest BCUT2D eigenvalue weighted by Gasteiger charge is -2.11. The van der Waals surface area contributed by atoms with Crippen LogP contribution in [0.2, 0.25) is 0 Å². The maximum absolute atomic E-state index is 12.6. The first kappa shape index (κ1) is 19.6. The van der Waals surface area contributed by atoms with Gasteiger partial charge in [0.05, 0.1) is 35.6 Å². The molecule has 2 N–H and O–H groups in total. The number of hydrogen-bond acceptors (Lipinski definition) is 5. The first-order chi connectivity index (χ1) is 14.0. The summed E-state index contributed by atoms with van der Waals surface area (Å²) < 4.78 is 5.27. The number of aryl methyl sites for hydroxylation is 1. The molecule has 0 atom stereocenters. The summed E-state index contributed by atoms with van der Waals surface area (Å²) in [6.45, 7) is 1.91. The maximum Gasteiger partial charge on any atom is 0.257 e. The fourth-order valence-electron chi connectivity index (χ4n) is 2.63. The number of methoxy groups -OCH3 is 1. The Bertz CT molecular complexity index is 1100. The average molecular weight is 386 g/mol. The van der Waals surface area contributed by atoms with Crippen molar-refractivity contribution in [2.75, 3.05) is 17.7 Å². The second-order valence-corrected chi connectivity index (χ2v) is 6.26. The van der Waals surface area contributed by atoms with Crippen LogP contribution in [0.15, 0.2) is 60.9 Å². The summed E-state index contributed by atoms with van der Waals surface area (Å²) in [5.74, 6) is -0.286. The molecule has 2 aromatic carbocycles. The molecular weight excluding hydrogens is 368 g/mol. The highest BCUT2D eigenvalue weighted by molar-refractivity contribution is 6.08. The predicted octanol–water partition coefficient (Wildman–Crippen LogP) is 3.77. The van der Waals surface area contributed by atoms with Gasteiger partial charge < -0.3 is 15.4 Å². The lowest BCUT2D eigenvalue weighted by atomic mass is 10.1. The highest BCUT2D eigenvalue weighted by atomic mass is 16.5. The molecule has 3 rings (SSSR count). The van der Waals surface area contributed by atoms with Gasteiger partial charge in [-0.15, -0.1) is 0 Å². The molecule has 0 aliphatic rings. The number of rotatable bonds is 5. The highest BCUT2D eigenvalue weighted by Gasteiger charge is 2.14. The summed E-state index contributed by atoms with van der Waals surface area (Å²) in [5, 5.41) is 14.3. The summed E-state index contributed by atoms with van der Waals surface area (Å²) in [4.78, 5) is 29.1. The molecular formula is C22H18N4O3. The molecule has 0 aliphatic heterocycles. The topological polar surface area (TPSA) is 104 Å². The lowest BCUT2D eigenvalue weighted by molar-refractivity contribution is 0.102. The molecule has 144 valence electrons. The standard InChI is InChI=1S/C22H18N4O3/c1-14-3-8-20(29-2)19(9-14)26-22(28)17-10-16(12-24-13-17)21(27)25-18-6-4-15(11-23)5-7-18/h3-10,12-13H,1-2H3,(H,25,27)(H,26,28). The number of nitrogens with one attached hydrogen (secondary N) is 2. The Labute approximate surface area is 168 Å². The van der Waals surface area contributed by atoms with E-state index < -0.39 is 11.8 Å². The number of nitriles is 1. The van der Waals surface area contributed by atoms with Gasteiger partial charge in [0.1, 0.15) is 5.75 Å². The van der Waals surface area contributed by atoms with Gasteiger partial charge in [0.2, 0.25) is 0 Å². The summed E-state index contributed by atoms with van der Waals surface area (Å²) in [7, 11) is 1.52. The van der Waals surface area contributed by atoms with E-state index in [4.69, 9.17) is 10.00 Å². The molecule has 0 spiro atoms. The van der Waals surface area contributed by atoms with Crippen LogP contribution in [-0.2, 0) is 0 Å². The van der Waals surface area contributed by atoms with Crippen molar-refractivity contribution in [2.45, 2.75) is 6.92 Å². The van der Waals surface area contributed by atoms with Crippen LogP contribution >= 0.6 is 0 Å². The average Bonchev–Trinajstić information content (AvgIpc) is 2.74. The van der Waals surface area contributed by atoms with E-state index in [-0.39, 0.29) is 11.1 Å². The number of nitrogens with zero attached hydrogens (tertiary/aromatic N) is 2. The van der Waals surface area contributed by atoms with E-state index in [0.29, 0.717) is 22.7 Å². The van der Waals surface area contributed by atoms with Crippen LogP contribution in [0.4, 0.5) is 11.4 Å². The van der Waals surface area contributed by atoms with Crippen LogP contribution in [0.5, 0.6) is 5.75 Å². The van der Waals surface area contributed by atoms with Crippen molar-refractivity contribution in [3.05, 3.63) is 83.2 Å². The SMILES string of the molecule is COc1ccc(C)cc1NC(=O)c1cncc(C(=O)Nc2ccc(C#N)cc2)c1. The van der Waals surface area contributed by atoms with Crippen molar-refractivity contribution in [3.8, 4) is 11.8 Å². The van der Waals surface area contributed by atoms with Gasteiger partial charge in [0.15, 0.2) is 0 Å². The second-order valence-electron chi connectivity index (χ2n) is 6.26. The monoisotopic (exact) mass is 386 g/mol. The van der Waals surface area contributed by atoms with Gasteiger partial charge >= 0.3 is 0 Å². The van der Waals surface area contributed by atoms with E-state index >= 15 is 0 Å². The Kier molecular flexibility index (Phi) is 5.85. The summed E-state index contributed by atoms with van der Waals surface area (Å²) in [5.41, 5.74) is 3.00. The zero-order chi connectivity index (χ0) is 20.8. The number of benzene rings is 2. The molecule has 0 saturated heterocycles. The van der Waals surface area contributed by atoms with Crippen molar-refractivity contribution >= 4 is 23.2 Å². The molecule has 0 bridgehead atoms. The Morgan fingerprint density at radius 2 is 1.62 bits per heavy atom. The number of anilines is 2. The van der Waals surface area contributed by atoms with E-state index in [1.165, 1.54) is 25.6 Å². The van der Waals surface area contributed by atoms with Crippen LogP contribution in [0.3, 0.4) is 0 Å². The number of hydrogen-bond donors (Lipinski definition) is 2. The largest absolute Gasteiger partial charge is 0.495 e. The minimum absolute atomic E-state index is 0.234. The van der Waals surface area contributed by atoms with Crippen LogP contribution in [0, 0.1) is 18.3 Å². The van der Waals surface area contributed by atoms with E-state index in [2.05, 4.69) is 15.6 Å². The molecule has 1 heterocycles. The number of carbonyl (C=O) groups excluding carboxylic acids is 2. The van der Waals surface area contributed by atoms with Gasteiger partial charge in [-0.2, -0.15) is 5.26 Å². The second kappa shape index (κ2) is 8.67. The van der Waals surface area contributed by atoms with Gasteiger partial charge in [-0.1, -0.05) is 6.07 Å². The van der Waals surface area contributed by atoms with E-state index in [1.54, 1.807) is 36.4 Å². The van der Waals surface area contributed by atoms with Gasteiger partial charge in [0.25, 0.3) is 11.8 Å². The van der Waals surface area contributed by atoms with Crippen molar-refractivity contribution in [2.24, 2.45) is 0 Å². The van der Waals surface area contributed by atoms with Gasteiger partial charge in [0, 0.05) is 18.1 Å². The Hall–Kier alpha value is -4.18. The summed E-state index contributed by atoms with van der Waals surface area (Å²) >= 11 is 0. The third-order valence-corrected chi connectivity index (χ3v) is 4.14. The first-order valence-electron chi connectivity index (χ1n) is 8.72. The first-order valence-corrected chi connectivity index (χ1v) is 8.72. The Morgan fingerprint density at radius 1 is 0.966 bits per heavy atom. The van der Waals surface area contributed by atoms with Gasteiger partial charge in [-0.3, -0.25) is 14.6 Å². The molecule has 0 aliphatic carbocycles. The number of pyridine rings is 1. The lowest BCUT2D eigenvalue weighted by Crippen LogP contribution is -2.16. The number of carbonyl (C=O) groups is 2. The third-order valence-electron chi connectivity index (χ3n) is 4.14. The normalized spacial score (nSPS) is 9.97. The van der Waals surface area contributed by atoms with Crippen molar-refractivity contribution in [1.82, 2.24) is 4.98 Å². The quantitative estimate of drug-likeness (QED) is 0.694. The summed E-state index contributed by atoms with van der Waals surface area (Å²) in [6, 6.07) is 15.4. The van der Waals surface area contributed by atoms with E-state index in [0.717, 1.165) is 5.56 Å². The van der Waals surface area contributed by atoms with Gasteiger partial charge in [-0.05, 0) is 55.0 Å². The van der Waals surface area contributed by atoms with Crippen molar-refractivity contribution < 1.29 is 14.3 Å². The molecule has 3 aromatic rings. The van der Waals surface area contributed by atoms with Gasteiger partial charge in [-0.25, -0.2) is 0 Å². The predicted molar refractivity (Wildman–Crippen MR) is 109 cm³/mol. The zero-order valence-corrected chi connectivity index (χ0v) is 15.9. The molecule has 7 nitrogen and oxygen atoms in total. The van der Waals surface area contributed by atoms with Crippen molar-refractivity contribution in [1.29, 1.82) is 5.26 Å². The van der Waals surface area contributed by atoms with Crippen LogP contribution in [0.1, 0.15) is 31.8 Å². The Morgan fingerprint density at radius 3 is 2.24 bits per heavy atom. The zero-order valence-electron chi connectivity index (χ0n) is 15.9. The minimum atomic E-state index is -0.412. The number of amides is 2. The molecule has 1 aromatic heterocycles. The molecule has 29 heavy (non-hydrogen) atoms. The molecule has 0 unspecified atom stereocenters. The van der Waals surface area contributed by atoms with Crippen LogP contribution < -0.4 is 15.4 Å². The fourth-order valence-corrected chi connectivity index (χ4v) is 2.63.